The zero-order valence-corrected chi connectivity index (χ0v) is 47.0. The van der Waals surface area contributed by atoms with Crippen molar-refractivity contribution in [3.63, 3.8) is 0 Å². The highest BCUT2D eigenvalue weighted by molar-refractivity contribution is 5.71. The van der Waals surface area contributed by atoms with E-state index in [1.165, 1.54) is 167 Å². The lowest BCUT2D eigenvalue weighted by Crippen LogP contribution is -2.30. The lowest BCUT2D eigenvalue weighted by Gasteiger charge is -2.18. The summed E-state index contributed by atoms with van der Waals surface area (Å²) >= 11 is 0. The third kappa shape index (κ3) is 57.6. The van der Waals surface area contributed by atoms with Crippen LogP contribution in [-0.4, -0.2) is 37.2 Å². The molecule has 0 spiro atoms. The summed E-state index contributed by atoms with van der Waals surface area (Å²) in [4.78, 5) is 37.9. The van der Waals surface area contributed by atoms with Crippen LogP contribution >= 0.6 is 0 Å². The van der Waals surface area contributed by atoms with Gasteiger partial charge in [-0.15, -0.1) is 0 Å². The highest BCUT2D eigenvalue weighted by Gasteiger charge is 2.19. The number of esters is 3. The summed E-state index contributed by atoms with van der Waals surface area (Å²) in [6.45, 7) is 6.49. The number of hydrogen-bond acceptors (Lipinski definition) is 6. The summed E-state index contributed by atoms with van der Waals surface area (Å²) < 4.78 is 16.8. The molecule has 410 valence electrons. The second kappa shape index (κ2) is 59.4. The van der Waals surface area contributed by atoms with E-state index in [0.717, 1.165) is 96.3 Å². The zero-order chi connectivity index (χ0) is 51.4. The van der Waals surface area contributed by atoms with Gasteiger partial charge in [0.2, 0.25) is 0 Å². The molecule has 0 saturated carbocycles. The number of carbonyl (C=O) groups excluding carboxylic acids is 3. The Morgan fingerprint density at radius 2 is 0.549 bits per heavy atom. The molecule has 6 heteroatoms. The molecule has 6 nitrogen and oxygen atoms in total. The maximum atomic E-state index is 12.8. The summed E-state index contributed by atoms with van der Waals surface area (Å²) in [7, 11) is 0. The van der Waals surface area contributed by atoms with Crippen molar-refractivity contribution in [3.05, 3.63) is 72.9 Å². The van der Waals surface area contributed by atoms with Crippen molar-refractivity contribution in [1.82, 2.24) is 0 Å². The second-order valence-corrected chi connectivity index (χ2v) is 20.2. The van der Waals surface area contributed by atoms with Gasteiger partial charge in [-0.2, -0.15) is 0 Å². The molecular weight excluding hydrogens is 877 g/mol. The Morgan fingerprint density at radius 1 is 0.296 bits per heavy atom. The number of allylic oxidation sites excluding steroid dienone is 12. The summed E-state index contributed by atoms with van der Waals surface area (Å²) in [5, 5.41) is 0. The van der Waals surface area contributed by atoms with E-state index in [1.807, 2.05) is 0 Å². The first kappa shape index (κ1) is 67.8. The largest absolute Gasteiger partial charge is 0.462 e. The van der Waals surface area contributed by atoms with E-state index in [2.05, 4.69) is 93.7 Å². The lowest BCUT2D eigenvalue weighted by atomic mass is 10.0. The average molecular weight is 992 g/mol. The minimum absolute atomic E-state index is 0.0731. The van der Waals surface area contributed by atoms with E-state index in [-0.39, 0.29) is 31.1 Å². The minimum Gasteiger partial charge on any atom is -0.462 e. The molecule has 0 amide bonds. The van der Waals surface area contributed by atoms with Gasteiger partial charge in [-0.3, -0.25) is 14.4 Å². The molecule has 0 rings (SSSR count). The topological polar surface area (TPSA) is 78.9 Å². The number of ether oxygens (including phenoxy) is 3. The van der Waals surface area contributed by atoms with Crippen molar-refractivity contribution >= 4 is 17.9 Å². The van der Waals surface area contributed by atoms with Gasteiger partial charge in [0.15, 0.2) is 6.10 Å². The molecule has 1 atom stereocenters. The Hall–Kier alpha value is -3.15. The van der Waals surface area contributed by atoms with Gasteiger partial charge < -0.3 is 14.2 Å². The predicted octanol–water partition coefficient (Wildman–Crippen LogP) is 20.5. The van der Waals surface area contributed by atoms with Crippen LogP contribution in [0, 0.1) is 0 Å². The van der Waals surface area contributed by atoms with Gasteiger partial charge in [-0.25, -0.2) is 0 Å². The molecule has 0 aliphatic rings. The van der Waals surface area contributed by atoms with E-state index < -0.39 is 6.10 Å². The molecule has 0 aromatic heterocycles. The standard InChI is InChI=1S/C65H114O6/c1-4-7-10-13-16-18-20-22-24-26-28-29-30-31-32-33-34-35-36-37-38-40-41-43-45-47-49-52-55-58-64(67)70-61-62(60-69-63(66)57-54-51-15-12-9-6-3)71-65(68)59-56-53-50-48-46-44-42-39-27-25-23-21-19-17-14-11-8-5-2/h7,10,16,18,22,24,28-29,31-32,34-35,62H,4-6,8-9,11-15,17,19-21,23,25-27,30,33,36-61H2,1-3H3/b10-7-,18-16-,24-22-,29-28-,32-31-,35-34-. The molecule has 0 radical (unpaired) electrons. The summed E-state index contributed by atoms with van der Waals surface area (Å²) in [5.41, 5.74) is 0. The van der Waals surface area contributed by atoms with Crippen molar-refractivity contribution in [2.75, 3.05) is 13.2 Å². The van der Waals surface area contributed by atoms with Gasteiger partial charge in [0.05, 0.1) is 0 Å². The molecule has 0 aliphatic carbocycles. The Morgan fingerprint density at radius 3 is 0.859 bits per heavy atom. The molecule has 71 heavy (non-hydrogen) atoms. The van der Waals surface area contributed by atoms with Gasteiger partial charge in [0, 0.05) is 19.3 Å². The van der Waals surface area contributed by atoms with Crippen LogP contribution in [0.1, 0.15) is 303 Å². The minimum atomic E-state index is -0.771. The van der Waals surface area contributed by atoms with E-state index in [0.29, 0.717) is 19.3 Å². The third-order valence-corrected chi connectivity index (χ3v) is 13.2. The smallest absolute Gasteiger partial charge is 0.306 e. The van der Waals surface area contributed by atoms with Crippen LogP contribution in [0.2, 0.25) is 0 Å². The Labute approximate surface area is 440 Å². The van der Waals surface area contributed by atoms with Crippen LogP contribution in [-0.2, 0) is 28.6 Å². The number of carbonyl (C=O) groups is 3. The molecule has 0 saturated heterocycles. The molecule has 1 unspecified atom stereocenters. The van der Waals surface area contributed by atoms with E-state index in [4.69, 9.17) is 14.2 Å². The number of rotatable bonds is 55. The molecular formula is C65H114O6. The fraction of sp³-hybridized carbons (Fsp3) is 0.769. The van der Waals surface area contributed by atoms with Gasteiger partial charge in [-0.05, 0) is 70.6 Å². The van der Waals surface area contributed by atoms with Gasteiger partial charge in [-0.1, -0.05) is 286 Å². The molecule has 0 aromatic carbocycles. The Balaban J connectivity index is 4.09. The number of hydrogen-bond donors (Lipinski definition) is 0. The van der Waals surface area contributed by atoms with Gasteiger partial charge in [0.25, 0.3) is 0 Å². The van der Waals surface area contributed by atoms with Gasteiger partial charge in [0.1, 0.15) is 13.2 Å². The monoisotopic (exact) mass is 991 g/mol. The van der Waals surface area contributed by atoms with Gasteiger partial charge >= 0.3 is 17.9 Å². The maximum Gasteiger partial charge on any atom is 0.306 e. The predicted molar refractivity (Wildman–Crippen MR) is 307 cm³/mol. The van der Waals surface area contributed by atoms with Crippen molar-refractivity contribution < 1.29 is 28.6 Å². The fourth-order valence-electron chi connectivity index (χ4n) is 8.68. The highest BCUT2D eigenvalue weighted by Crippen LogP contribution is 2.17. The fourth-order valence-corrected chi connectivity index (χ4v) is 8.68. The summed E-state index contributed by atoms with van der Waals surface area (Å²) in [6.07, 6.45) is 76.5. The normalized spacial score (nSPS) is 12.5. The van der Waals surface area contributed by atoms with Crippen molar-refractivity contribution in [2.24, 2.45) is 0 Å². The van der Waals surface area contributed by atoms with Crippen molar-refractivity contribution in [1.29, 1.82) is 0 Å². The third-order valence-electron chi connectivity index (χ3n) is 13.2. The molecule has 0 bridgehead atoms. The van der Waals surface area contributed by atoms with Crippen LogP contribution in [0.4, 0.5) is 0 Å². The van der Waals surface area contributed by atoms with Crippen LogP contribution in [0.25, 0.3) is 0 Å². The first-order chi connectivity index (χ1) is 35.0. The highest BCUT2D eigenvalue weighted by atomic mass is 16.6. The zero-order valence-electron chi connectivity index (χ0n) is 47.0. The van der Waals surface area contributed by atoms with E-state index in [9.17, 15) is 14.4 Å². The Bertz CT molecular complexity index is 1320. The van der Waals surface area contributed by atoms with Crippen molar-refractivity contribution in [3.8, 4) is 0 Å². The SMILES string of the molecule is CC/C=C\C/C=C\C/C=C\C/C=C\C/C=C\C/C=C\CCCCCCCCCCCCC(=O)OCC(COC(=O)CCCCCCCC)OC(=O)CCCCCCCCCCCCCCCCCCCC. The van der Waals surface area contributed by atoms with Crippen LogP contribution in [0.3, 0.4) is 0 Å². The molecule has 0 heterocycles. The lowest BCUT2D eigenvalue weighted by molar-refractivity contribution is -0.167. The van der Waals surface area contributed by atoms with Crippen LogP contribution in [0.5, 0.6) is 0 Å². The number of unbranched alkanes of at least 4 members (excludes halogenated alkanes) is 32. The summed E-state index contributed by atoms with van der Waals surface area (Å²) in [6, 6.07) is 0. The molecule has 0 aliphatic heterocycles. The average Bonchev–Trinajstić information content (AvgIpc) is 3.37. The first-order valence-corrected chi connectivity index (χ1v) is 30.4. The quantitative estimate of drug-likeness (QED) is 0.0261. The summed E-state index contributed by atoms with van der Waals surface area (Å²) in [5.74, 6) is -0.874. The van der Waals surface area contributed by atoms with E-state index >= 15 is 0 Å². The molecule has 0 aromatic rings. The molecule has 0 fully saturated rings. The first-order valence-electron chi connectivity index (χ1n) is 30.4. The maximum absolute atomic E-state index is 12.8. The van der Waals surface area contributed by atoms with E-state index in [1.54, 1.807) is 0 Å². The van der Waals surface area contributed by atoms with Crippen LogP contribution < -0.4 is 0 Å². The van der Waals surface area contributed by atoms with Crippen LogP contribution in [0.15, 0.2) is 72.9 Å². The second-order valence-electron chi connectivity index (χ2n) is 20.2. The Kier molecular flexibility index (Phi) is 56.8. The van der Waals surface area contributed by atoms with Crippen molar-refractivity contribution in [2.45, 2.75) is 309 Å². The molecule has 0 N–H and O–H groups in total.